The molecule has 4 aliphatic rings. The molecular formula is C40H55N5O9S. The Bertz CT molecular complexity index is 1960. The van der Waals surface area contributed by atoms with E-state index in [1.165, 1.54) is 4.90 Å². The van der Waals surface area contributed by atoms with Crippen LogP contribution in [0.2, 0.25) is 0 Å². The number of nitrogens with one attached hydrogen (secondary N) is 3. The average Bonchev–Trinajstić information content (AvgIpc) is 3.98. The van der Waals surface area contributed by atoms with Crippen LogP contribution in [-0.2, 0) is 29.1 Å². The first kappa shape index (κ1) is 40.3. The molecule has 1 saturated heterocycles. The zero-order valence-electron chi connectivity index (χ0n) is 32.8. The van der Waals surface area contributed by atoms with Gasteiger partial charge in [-0.2, -0.15) is 4.98 Å². The molecule has 2 saturated carbocycles. The summed E-state index contributed by atoms with van der Waals surface area (Å²) in [4.78, 5) is 62.5. The number of sulfonamides is 1. The number of benzene rings is 1. The normalized spacial score (nSPS) is 30.1. The molecule has 6 rings (SSSR count). The number of fused-ring (bicyclic) bond motifs is 3. The highest BCUT2D eigenvalue weighted by Crippen LogP contribution is 2.47. The fourth-order valence-corrected chi connectivity index (χ4v) is 8.96. The molecule has 7 atom stereocenters. The minimum absolute atomic E-state index is 0.0319. The van der Waals surface area contributed by atoms with Crippen LogP contribution in [0.5, 0.6) is 11.8 Å². The summed E-state index contributed by atoms with van der Waals surface area (Å²) in [6, 6.07) is 7.14. The third-order valence-electron chi connectivity index (χ3n) is 11.2. The maximum atomic E-state index is 14.8. The molecule has 1 aromatic carbocycles. The average molecular weight is 782 g/mol. The number of hydrogen-bond acceptors (Lipinski definition) is 10. The molecule has 2 aliphatic carbocycles. The predicted molar refractivity (Wildman–Crippen MR) is 206 cm³/mol. The molecule has 0 radical (unpaired) electrons. The number of nitrogens with zero attached hydrogens (tertiary/aromatic N) is 2. The van der Waals surface area contributed by atoms with Crippen LogP contribution in [-0.4, -0.2) is 89.3 Å². The highest BCUT2D eigenvalue weighted by Gasteiger charge is 2.63. The van der Waals surface area contributed by atoms with Crippen molar-refractivity contribution in [3.05, 3.63) is 42.5 Å². The van der Waals surface area contributed by atoms with E-state index >= 15 is 0 Å². The first-order chi connectivity index (χ1) is 25.8. The van der Waals surface area contributed by atoms with E-state index in [4.69, 9.17) is 14.2 Å². The molecule has 55 heavy (non-hydrogen) atoms. The van der Waals surface area contributed by atoms with Gasteiger partial charge in [-0.3, -0.25) is 19.1 Å². The zero-order valence-corrected chi connectivity index (χ0v) is 33.7. The van der Waals surface area contributed by atoms with Crippen LogP contribution in [0.3, 0.4) is 0 Å². The van der Waals surface area contributed by atoms with E-state index < -0.39 is 73.8 Å². The maximum absolute atomic E-state index is 14.8. The lowest BCUT2D eigenvalue weighted by atomic mass is 9.88. The van der Waals surface area contributed by atoms with Gasteiger partial charge >= 0.3 is 6.09 Å². The molecule has 14 nitrogen and oxygen atoms in total. The second-order valence-electron chi connectivity index (χ2n) is 17.0. The van der Waals surface area contributed by atoms with Crippen LogP contribution in [0.25, 0.3) is 10.8 Å². The Morgan fingerprint density at radius 1 is 1.11 bits per heavy atom. The first-order valence-corrected chi connectivity index (χ1v) is 20.9. The van der Waals surface area contributed by atoms with Gasteiger partial charge in [-0.05, 0) is 96.4 Å². The van der Waals surface area contributed by atoms with Crippen molar-refractivity contribution >= 4 is 44.6 Å². The number of aromatic nitrogens is 1. The summed E-state index contributed by atoms with van der Waals surface area (Å²) in [5.74, 6) is -1.94. The summed E-state index contributed by atoms with van der Waals surface area (Å²) in [6.45, 7) is 13.0. The summed E-state index contributed by atoms with van der Waals surface area (Å²) in [5, 5.41) is 7.27. The van der Waals surface area contributed by atoms with Crippen molar-refractivity contribution in [3.8, 4) is 11.8 Å². The number of carbonyl (C=O) groups is 4. The number of pyridine rings is 1. The summed E-state index contributed by atoms with van der Waals surface area (Å²) in [5.41, 5.74) is -2.35. The monoisotopic (exact) mass is 781 g/mol. The van der Waals surface area contributed by atoms with E-state index in [0.717, 1.165) is 11.8 Å². The fourth-order valence-electron chi connectivity index (χ4n) is 7.64. The summed E-state index contributed by atoms with van der Waals surface area (Å²) in [7, 11) is -4.00. The van der Waals surface area contributed by atoms with Crippen LogP contribution >= 0.6 is 0 Å². The molecule has 1 aromatic heterocycles. The molecule has 4 amide bonds. The number of rotatable bonds is 8. The topological polar surface area (TPSA) is 182 Å². The minimum atomic E-state index is -4.00. The first-order valence-electron chi connectivity index (χ1n) is 19.4. The molecule has 3 N–H and O–H groups in total. The van der Waals surface area contributed by atoms with Gasteiger partial charge in [0, 0.05) is 23.8 Å². The number of hydrogen-bond donors (Lipinski definition) is 3. The summed E-state index contributed by atoms with van der Waals surface area (Å²) in [6.07, 6.45) is 5.49. The van der Waals surface area contributed by atoms with Gasteiger partial charge < -0.3 is 29.7 Å². The Labute approximate surface area is 323 Å². The smallest absolute Gasteiger partial charge is 0.408 e. The van der Waals surface area contributed by atoms with Crippen molar-refractivity contribution in [2.75, 3.05) is 13.2 Å². The summed E-state index contributed by atoms with van der Waals surface area (Å²) < 4.78 is 45.4. The predicted octanol–water partition coefficient (Wildman–Crippen LogP) is 4.76. The standard InChI is InChI=1S/C40H55N5O9S/c1-8-52-31-20-26-14-10-12-16-29(26)34(41-31)53-28-21-30-33(46)43-40(36(48)44-55(50,51)39(7)17-18-39)22-27(40)15-11-9-13-24(2)19-25(3)32(35(47)45(30)23-28)42-37(49)54-38(4,5)6/h10-12,14-16,20,24-25,27-28,30,32H,8-9,13,17-19,21-23H2,1-7H3,(H,42,49)(H,43,46)(H,44,48)/b15-11-/t24-,25+,27+,28+,30-,32-,40+/m0/s1. The highest BCUT2D eigenvalue weighted by molar-refractivity contribution is 7.91. The molecule has 15 heteroatoms. The Hall–Kier alpha value is -4.40. The molecule has 0 bridgehead atoms. The lowest BCUT2D eigenvalue weighted by molar-refractivity contribution is -0.142. The van der Waals surface area contributed by atoms with Crippen LogP contribution in [0.15, 0.2) is 42.5 Å². The lowest BCUT2D eigenvalue weighted by Gasteiger charge is -2.33. The van der Waals surface area contributed by atoms with Crippen molar-refractivity contribution < 1.29 is 41.8 Å². The number of ether oxygens (including phenoxy) is 3. The van der Waals surface area contributed by atoms with E-state index in [0.29, 0.717) is 43.6 Å². The van der Waals surface area contributed by atoms with Crippen molar-refractivity contribution in [1.29, 1.82) is 0 Å². The third kappa shape index (κ3) is 8.86. The second kappa shape index (κ2) is 15.3. The van der Waals surface area contributed by atoms with E-state index in [1.807, 2.05) is 56.3 Å². The number of amides is 4. The minimum Gasteiger partial charge on any atom is -0.478 e. The number of alkyl carbamates (subject to hydrolysis) is 1. The molecule has 0 spiro atoms. The molecule has 3 fully saturated rings. The second-order valence-corrected chi connectivity index (χ2v) is 19.2. The van der Waals surface area contributed by atoms with Gasteiger partial charge in [-0.25, -0.2) is 13.2 Å². The van der Waals surface area contributed by atoms with Gasteiger partial charge in [0.2, 0.25) is 33.6 Å². The van der Waals surface area contributed by atoms with Gasteiger partial charge in [0.25, 0.3) is 5.91 Å². The van der Waals surface area contributed by atoms with E-state index in [9.17, 15) is 27.6 Å². The molecule has 2 aliphatic heterocycles. The van der Waals surface area contributed by atoms with Crippen molar-refractivity contribution in [1.82, 2.24) is 25.2 Å². The van der Waals surface area contributed by atoms with Crippen molar-refractivity contribution in [2.45, 2.75) is 127 Å². The van der Waals surface area contributed by atoms with Crippen LogP contribution in [0.1, 0.15) is 93.4 Å². The quantitative estimate of drug-likeness (QED) is 0.316. The number of allylic oxidation sites excluding steroid dienone is 1. The van der Waals surface area contributed by atoms with E-state index in [1.54, 1.807) is 27.7 Å². The highest BCUT2D eigenvalue weighted by atomic mass is 32.2. The van der Waals surface area contributed by atoms with Gasteiger partial charge in [0.15, 0.2) is 0 Å². The molecule has 2 aromatic rings. The SMILES string of the molecule is CCOc1cc2ccccc2c(O[C@@H]2C[C@H]3C(=O)N[C@]4(C(=O)NS(=O)(=O)C5(C)CC5)C[C@H]4/C=C\CC[C@H](C)C[C@@H](C)[C@H](NC(=O)OC(C)(C)C)C(=O)N3C2)n1. The van der Waals surface area contributed by atoms with Gasteiger partial charge in [-0.15, -0.1) is 0 Å². The van der Waals surface area contributed by atoms with Crippen LogP contribution < -0.4 is 24.8 Å². The lowest BCUT2D eigenvalue weighted by Crippen LogP contribution is -2.59. The molecule has 300 valence electrons. The number of carbonyl (C=O) groups excluding carboxylic acids is 4. The zero-order chi connectivity index (χ0) is 39.9. The van der Waals surface area contributed by atoms with E-state index in [-0.39, 0.29) is 37.1 Å². The fraction of sp³-hybridized carbons (Fsp3) is 0.625. The van der Waals surface area contributed by atoms with E-state index in [2.05, 4.69) is 27.3 Å². The van der Waals surface area contributed by atoms with Crippen LogP contribution in [0.4, 0.5) is 4.79 Å². The van der Waals surface area contributed by atoms with Gasteiger partial charge in [0.1, 0.15) is 29.3 Å². The van der Waals surface area contributed by atoms with Crippen molar-refractivity contribution in [2.24, 2.45) is 17.8 Å². The van der Waals surface area contributed by atoms with Crippen LogP contribution in [0, 0.1) is 17.8 Å². The molecule has 3 heterocycles. The molecule has 0 unspecified atom stereocenters. The Kier molecular flexibility index (Phi) is 11.2. The largest absolute Gasteiger partial charge is 0.478 e. The van der Waals surface area contributed by atoms with Gasteiger partial charge in [-0.1, -0.05) is 44.2 Å². The summed E-state index contributed by atoms with van der Waals surface area (Å²) >= 11 is 0. The van der Waals surface area contributed by atoms with Crippen molar-refractivity contribution in [3.63, 3.8) is 0 Å². The third-order valence-corrected chi connectivity index (χ3v) is 13.3. The molecular weight excluding hydrogens is 727 g/mol. The Balaban J connectivity index is 1.36. The van der Waals surface area contributed by atoms with Gasteiger partial charge in [0.05, 0.1) is 17.9 Å². The Morgan fingerprint density at radius 3 is 2.53 bits per heavy atom. The Morgan fingerprint density at radius 2 is 1.84 bits per heavy atom. The maximum Gasteiger partial charge on any atom is 0.408 e.